The van der Waals surface area contributed by atoms with E-state index in [1.165, 1.54) is 4.90 Å². The number of carbonyl (C=O) groups is 2. The van der Waals surface area contributed by atoms with Crippen LogP contribution in [0.1, 0.15) is 54.0 Å². The lowest BCUT2D eigenvalue weighted by molar-refractivity contribution is -0.123. The van der Waals surface area contributed by atoms with E-state index in [-0.39, 0.29) is 17.5 Å². The van der Waals surface area contributed by atoms with E-state index < -0.39 is 11.6 Å². The summed E-state index contributed by atoms with van der Waals surface area (Å²) in [6.45, 7) is 9.63. The van der Waals surface area contributed by atoms with Gasteiger partial charge in [0.1, 0.15) is 6.04 Å². The van der Waals surface area contributed by atoms with Crippen molar-refractivity contribution in [2.75, 3.05) is 4.90 Å². The molecule has 0 saturated heterocycles. The third kappa shape index (κ3) is 5.07. The first-order chi connectivity index (χ1) is 14.2. The van der Waals surface area contributed by atoms with E-state index in [2.05, 4.69) is 19.9 Å². The molecule has 0 unspecified atom stereocenters. The first-order valence-electron chi connectivity index (χ1n) is 9.56. The van der Waals surface area contributed by atoms with Gasteiger partial charge in [-0.15, -0.1) is 5.10 Å². The Morgan fingerprint density at radius 1 is 1.07 bits per heavy atom. The molecule has 0 fully saturated rings. The number of anilines is 1. The highest BCUT2D eigenvalue weighted by atomic mass is 32.1. The van der Waals surface area contributed by atoms with E-state index in [1.54, 1.807) is 29.9 Å². The lowest BCUT2D eigenvalue weighted by Gasteiger charge is -2.33. The van der Waals surface area contributed by atoms with Crippen LogP contribution in [0, 0.1) is 13.8 Å². The van der Waals surface area contributed by atoms with E-state index in [1.807, 2.05) is 52.8 Å². The molecule has 0 aliphatic carbocycles. The third-order valence-electron chi connectivity index (χ3n) is 4.31. The Kier molecular flexibility index (Phi) is 6.26. The Morgan fingerprint density at radius 2 is 1.70 bits per heavy atom. The van der Waals surface area contributed by atoms with Crippen molar-refractivity contribution in [2.24, 2.45) is 0 Å². The van der Waals surface area contributed by atoms with Crippen LogP contribution in [-0.4, -0.2) is 31.9 Å². The van der Waals surface area contributed by atoms with Gasteiger partial charge < -0.3 is 5.32 Å². The molecule has 0 radical (unpaired) electrons. The number of rotatable bonds is 5. The zero-order valence-corrected chi connectivity index (χ0v) is 18.5. The van der Waals surface area contributed by atoms with Gasteiger partial charge in [-0.2, -0.15) is 0 Å². The van der Waals surface area contributed by atoms with Crippen LogP contribution < -0.4 is 10.2 Å². The number of benzene rings is 1. The number of amides is 2. The van der Waals surface area contributed by atoms with Crippen LogP contribution in [0.5, 0.6) is 0 Å². The Morgan fingerprint density at radius 3 is 2.23 bits per heavy atom. The van der Waals surface area contributed by atoms with Crippen LogP contribution in [0.25, 0.3) is 0 Å². The Hall–Kier alpha value is -3.13. The van der Waals surface area contributed by atoms with Crippen LogP contribution in [-0.2, 0) is 4.79 Å². The summed E-state index contributed by atoms with van der Waals surface area (Å²) < 4.78 is 3.82. The van der Waals surface area contributed by atoms with Crippen molar-refractivity contribution in [1.29, 1.82) is 0 Å². The lowest BCUT2D eigenvalue weighted by Crippen LogP contribution is -2.49. The minimum absolute atomic E-state index is 0.196. The van der Waals surface area contributed by atoms with Gasteiger partial charge in [0.05, 0.1) is 0 Å². The average molecular weight is 424 g/mol. The summed E-state index contributed by atoms with van der Waals surface area (Å²) >= 11 is 1.09. The highest BCUT2D eigenvalue weighted by Gasteiger charge is 2.36. The van der Waals surface area contributed by atoms with Gasteiger partial charge in [0.2, 0.25) is 5.91 Å². The van der Waals surface area contributed by atoms with Crippen molar-refractivity contribution >= 4 is 29.0 Å². The van der Waals surface area contributed by atoms with Crippen LogP contribution in [0.3, 0.4) is 0 Å². The number of aryl methyl sites for hydroxylation is 2. The van der Waals surface area contributed by atoms with Crippen molar-refractivity contribution < 1.29 is 9.59 Å². The first-order valence-corrected chi connectivity index (χ1v) is 10.4. The quantitative estimate of drug-likeness (QED) is 0.673. The minimum Gasteiger partial charge on any atom is -0.349 e. The first kappa shape index (κ1) is 21.6. The summed E-state index contributed by atoms with van der Waals surface area (Å²) in [6.07, 6.45) is 3.22. The number of aromatic nitrogens is 3. The maximum Gasteiger partial charge on any atom is 0.280 e. The van der Waals surface area contributed by atoms with Crippen molar-refractivity contribution in [3.8, 4) is 0 Å². The van der Waals surface area contributed by atoms with Crippen molar-refractivity contribution in [2.45, 2.75) is 46.2 Å². The van der Waals surface area contributed by atoms with E-state index in [9.17, 15) is 9.59 Å². The molecular formula is C22H25N5O2S. The van der Waals surface area contributed by atoms with Crippen molar-refractivity contribution in [1.82, 2.24) is 19.9 Å². The summed E-state index contributed by atoms with van der Waals surface area (Å²) in [5.74, 6) is -0.677. The zero-order valence-electron chi connectivity index (χ0n) is 17.7. The van der Waals surface area contributed by atoms with Crippen molar-refractivity contribution in [3.05, 3.63) is 70.5 Å². The molecule has 0 bridgehead atoms. The molecule has 2 heterocycles. The molecule has 0 aliphatic heterocycles. The van der Waals surface area contributed by atoms with Crippen LogP contribution in [0.4, 0.5) is 5.69 Å². The van der Waals surface area contributed by atoms with Gasteiger partial charge in [-0.25, -0.2) is 0 Å². The predicted molar refractivity (Wildman–Crippen MR) is 118 cm³/mol. The minimum atomic E-state index is -0.900. The number of nitrogens with zero attached hydrogens (tertiary/aromatic N) is 4. The Labute approximate surface area is 180 Å². The molecule has 3 aromatic rings. The van der Waals surface area contributed by atoms with Crippen LogP contribution in [0.15, 0.2) is 48.1 Å². The van der Waals surface area contributed by atoms with Crippen LogP contribution in [0.2, 0.25) is 0 Å². The normalized spacial score (nSPS) is 12.3. The van der Waals surface area contributed by atoms with E-state index in [4.69, 9.17) is 0 Å². The smallest absolute Gasteiger partial charge is 0.280 e. The van der Waals surface area contributed by atoms with Gasteiger partial charge in [-0.3, -0.25) is 19.5 Å². The SMILES string of the molecule is Cc1cc(C)cc(N(C(=O)c2csnn2)[C@H](C(=O)NC(C)(C)C)c2ccncc2)c1. The molecule has 1 atom stereocenters. The number of hydrogen-bond donors (Lipinski definition) is 1. The van der Waals surface area contributed by atoms with Gasteiger partial charge >= 0.3 is 0 Å². The molecular weight excluding hydrogens is 398 g/mol. The Bertz CT molecular complexity index is 1010. The summed E-state index contributed by atoms with van der Waals surface area (Å²) in [4.78, 5) is 32.6. The summed E-state index contributed by atoms with van der Waals surface area (Å²) in [5, 5.41) is 8.55. The lowest BCUT2D eigenvalue weighted by atomic mass is 10.0. The highest BCUT2D eigenvalue weighted by molar-refractivity contribution is 7.03. The van der Waals surface area contributed by atoms with Gasteiger partial charge in [0.25, 0.3) is 5.91 Å². The molecule has 1 aromatic carbocycles. The van der Waals surface area contributed by atoms with Gasteiger partial charge in [-0.05, 0) is 87.1 Å². The second-order valence-corrected chi connectivity index (χ2v) is 8.84. The molecule has 0 saturated carbocycles. The van der Waals surface area contributed by atoms with Crippen molar-refractivity contribution in [3.63, 3.8) is 0 Å². The number of pyridine rings is 1. The average Bonchev–Trinajstić information content (AvgIpc) is 3.18. The fourth-order valence-corrected chi connectivity index (χ4v) is 3.69. The maximum absolute atomic E-state index is 13.5. The van der Waals surface area contributed by atoms with Gasteiger partial charge in [-0.1, -0.05) is 10.6 Å². The molecule has 2 amide bonds. The molecule has 1 N–H and O–H groups in total. The summed E-state index contributed by atoms with van der Waals surface area (Å²) in [6, 6.07) is 8.40. The predicted octanol–water partition coefficient (Wildman–Crippen LogP) is 3.85. The number of carbonyl (C=O) groups excluding carboxylic acids is 2. The Balaban J connectivity index is 2.20. The van der Waals surface area contributed by atoms with E-state index in [0.717, 1.165) is 22.7 Å². The second-order valence-electron chi connectivity index (χ2n) is 8.23. The maximum atomic E-state index is 13.5. The van der Waals surface area contributed by atoms with E-state index in [0.29, 0.717) is 11.3 Å². The van der Waals surface area contributed by atoms with Gasteiger partial charge in [0.15, 0.2) is 5.69 Å². The summed E-state index contributed by atoms with van der Waals surface area (Å²) in [7, 11) is 0. The fourth-order valence-electron chi connectivity index (χ4n) is 3.26. The molecule has 0 aliphatic rings. The summed E-state index contributed by atoms with van der Waals surface area (Å²) in [5.41, 5.74) is 2.98. The number of nitrogens with one attached hydrogen (secondary N) is 1. The monoisotopic (exact) mass is 423 g/mol. The molecule has 156 valence electrons. The molecule has 2 aromatic heterocycles. The van der Waals surface area contributed by atoms with E-state index >= 15 is 0 Å². The van der Waals surface area contributed by atoms with Gasteiger partial charge in [0, 0.05) is 29.0 Å². The molecule has 8 heteroatoms. The molecule has 30 heavy (non-hydrogen) atoms. The largest absolute Gasteiger partial charge is 0.349 e. The molecule has 0 spiro atoms. The molecule has 7 nitrogen and oxygen atoms in total. The third-order valence-corrected chi connectivity index (χ3v) is 4.81. The zero-order chi connectivity index (χ0) is 21.9. The van der Waals surface area contributed by atoms with Crippen LogP contribution >= 0.6 is 11.5 Å². The highest BCUT2D eigenvalue weighted by Crippen LogP contribution is 2.31. The fraction of sp³-hybridized carbons (Fsp3) is 0.318. The molecule has 3 rings (SSSR count). The standard InChI is InChI=1S/C22H25N5O2S/c1-14-10-15(2)12-17(11-14)27(21(29)18-13-30-26-25-18)19(16-6-8-23-9-7-16)20(28)24-22(3,4)5/h6-13,19H,1-5H3,(H,24,28)/t19-/m0/s1. The topological polar surface area (TPSA) is 88.1 Å². The second kappa shape index (κ2) is 8.71. The number of hydrogen-bond acceptors (Lipinski definition) is 6.